The molecule has 1 aliphatic heterocycles. The second-order valence-electron chi connectivity index (χ2n) is 8.01. The van der Waals surface area contributed by atoms with Gasteiger partial charge in [0.25, 0.3) is 5.56 Å². The maximum absolute atomic E-state index is 13.0. The van der Waals surface area contributed by atoms with E-state index < -0.39 is 33.7 Å². The number of nitriles is 1. The van der Waals surface area contributed by atoms with Crippen LogP contribution in [0.1, 0.15) is 30.0 Å². The summed E-state index contributed by atoms with van der Waals surface area (Å²) in [6, 6.07) is 6.16. The molecule has 0 unspecified atom stereocenters. The fourth-order valence-corrected chi connectivity index (χ4v) is 5.34. The predicted octanol–water partition coefficient (Wildman–Crippen LogP) is 0.185. The van der Waals surface area contributed by atoms with Crippen molar-refractivity contribution in [1.29, 1.82) is 5.26 Å². The van der Waals surface area contributed by atoms with Crippen LogP contribution in [0.4, 0.5) is 5.69 Å². The summed E-state index contributed by atoms with van der Waals surface area (Å²) < 4.78 is 34.7. The molecular weight excluding hydrogens is 450 g/mol. The summed E-state index contributed by atoms with van der Waals surface area (Å²) in [5, 5.41) is 11.8. The van der Waals surface area contributed by atoms with E-state index in [-0.39, 0.29) is 35.3 Å². The number of nitrogens with one attached hydrogen (secondary N) is 1. The van der Waals surface area contributed by atoms with E-state index in [9.17, 15) is 28.1 Å². The Morgan fingerprint density at radius 2 is 1.94 bits per heavy atom. The van der Waals surface area contributed by atoms with E-state index in [1.165, 1.54) is 21.1 Å². The van der Waals surface area contributed by atoms with Crippen LogP contribution in [0.25, 0.3) is 0 Å². The molecule has 1 saturated heterocycles. The number of anilines is 1. The first-order valence-electron chi connectivity index (χ1n) is 10.5. The summed E-state index contributed by atoms with van der Waals surface area (Å²) in [6.45, 7) is 2.16. The van der Waals surface area contributed by atoms with E-state index in [1.807, 2.05) is 0 Å². The van der Waals surface area contributed by atoms with Crippen LogP contribution in [-0.4, -0.2) is 54.1 Å². The monoisotopic (exact) mass is 473 g/mol. The van der Waals surface area contributed by atoms with Crippen molar-refractivity contribution in [3.63, 3.8) is 0 Å². The maximum Gasteiger partial charge on any atom is 0.331 e. The molecule has 174 valence electrons. The Kier molecular flexibility index (Phi) is 6.20. The van der Waals surface area contributed by atoms with Crippen molar-refractivity contribution in [2.45, 2.75) is 37.2 Å². The third kappa shape index (κ3) is 4.61. The van der Waals surface area contributed by atoms with E-state index in [4.69, 9.17) is 4.74 Å². The van der Waals surface area contributed by atoms with Crippen molar-refractivity contribution in [3.8, 4) is 6.07 Å². The Morgan fingerprint density at radius 1 is 1.24 bits per heavy atom. The molecule has 1 aromatic carbocycles. The molecule has 12 heteroatoms. The van der Waals surface area contributed by atoms with Crippen molar-refractivity contribution in [2.24, 2.45) is 0 Å². The topological polar surface area (TPSA) is 143 Å². The van der Waals surface area contributed by atoms with Gasteiger partial charge in [-0.1, -0.05) is 6.07 Å². The summed E-state index contributed by atoms with van der Waals surface area (Å²) in [5.41, 5.74) is -0.983. The number of amides is 1. The van der Waals surface area contributed by atoms with Gasteiger partial charge in [0.1, 0.15) is 18.2 Å². The SMILES string of the molecule is Cc1ccc(NC(=O)Cn2c(=O)c(C#N)cn(C3CC3)c2=O)cc1S(=O)(=O)N1CCOCC1. The molecule has 2 aromatic rings. The lowest BCUT2D eigenvalue weighted by atomic mass is 10.2. The van der Waals surface area contributed by atoms with Gasteiger partial charge in [0.2, 0.25) is 15.9 Å². The molecule has 1 aromatic heterocycles. The van der Waals surface area contributed by atoms with Crippen LogP contribution in [0.15, 0.2) is 38.9 Å². The van der Waals surface area contributed by atoms with Crippen molar-refractivity contribution >= 4 is 21.6 Å². The highest BCUT2D eigenvalue weighted by molar-refractivity contribution is 7.89. The zero-order chi connectivity index (χ0) is 23.8. The van der Waals surface area contributed by atoms with Crippen LogP contribution in [0, 0.1) is 18.3 Å². The first kappa shape index (κ1) is 22.9. The number of aromatic nitrogens is 2. The number of morpholine rings is 1. The number of carbonyl (C=O) groups excluding carboxylic acids is 1. The van der Waals surface area contributed by atoms with E-state index >= 15 is 0 Å². The Morgan fingerprint density at radius 3 is 2.58 bits per heavy atom. The molecule has 0 spiro atoms. The smallest absolute Gasteiger partial charge is 0.331 e. The summed E-state index contributed by atoms with van der Waals surface area (Å²) in [5.74, 6) is -0.690. The quantitative estimate of drug-likeness (QED) is 0.630. The zero-order valence-corrected chi connectivity index (χ0v) is 18.8. The van der Waals surface area contributed by atoms with Gasteiger partial charge < -0.3 is 10.1 Å². The fraction of sp³-hybridized carbons (Fsp3) is 0.429. The lowest BCUT2D eigenvalue weighted by Gasteiger charge is -2.26. The number of carbonyl (C=O) groups is 1. The van der Waals surface area contributed by atoms with E-state index in [0.717, 1.165) is 17.4 Å². The van der Waals surface area contributed by atoms with Gasteiger partial charge in [0, 0.05) is 31.0 Å². The van der Waals surface area contributed by atoms with Crippen molar-refractivity contribution in [1.82, 2.24) is 13.4 Å². The highest BCUT2D eigenvalue weighted by Crippen LogP contribution is 2.33. The summed E-state index contributed by atoms with van der Waals surface area (Å²) in [6.07, 6.45) is 2.76. The van der Waals surface area contributed by atoms with Crippen LogP contribution in [0.2, 0.25) is 0 Å². The Balaban J connectivity index is 1.59. The third-order valence-electron chi connectivity index (χ3n) is 5.62. The van der Waals surface area contributed by atoms with Gasteiger partial charge in [0.15, 0.2) is 0 Å². The lowest BCUT2D eigenvalue weighted by Crippen LogP contribution is -2.43. The minimum Gasteiger partial charge on any atom is -0.379 e. The Hall–Kier alpha value is -3.27. The van der Waals surface area contributed by atoms with E-state index in [1.54, 1.807) is 25.1 Å². The molecule has 4 rings (SSSR count). The van der Waals surface area contributed by atoms with E-state index in [0.29, 0.717) is 18.8 Å². The van der Waals surface area contributed by atoms with Gasteiger partial charge in [-0.15, -0.1) is 0 Å². The molecule has 0 radical (unpaired) electrons. The molecule has 2 heterocycles. The normalized spacial score (nSPS) is 16.8. The average molecular weight is 474 g/mol. The molecule has 0 atom stereocenters. The zero-order valence-electron chi connectivity index (χ0n) is 18.0. The van der Waals surface area contributed by atoms with Crippen LogP contribution in [0.5, 0.6) is 0 Å². The number of rotatable bonds is 6. The third-order valence-corrected chi connectivity index (χ3v) is 7.66. The molecule has 1 N–H and O–H groups in total. The fourth-order valence-electron chi connectivity index (χ4n) is 3.68. The van der Waals surface area contributed by atoms with Gasteiger partial charge in [0.05, 0.1) is 18.1 Å². The summed E-state index contributed by atoms with van der Waals surface area (Å²) in [4.78, 5) is 37.8. The first-order valence-corrected chi connectivity index (χ1v) is 11.9. The molecule has 33 heavy (non-hydrogen) atoms. The minimum absolute atomic E-state index is 0.0573. The van der Waals surface area contributed by atoms with Crippen molar-refractivity contribution < 1.29 is 17.9 Å². The minimum atomic E-state index is -3.78. The maximum atomic E-state index is 13.0. The molecule has 1 aliphatic carbocycles. The van der Waals surface area contributed by atoms with Crippen LogP contribution < -0.4 is 16.6 Å². The first-order chi connectivity index (χ1) is 15.7. The number of benzene rings is 1. The Bertz CT molecular complexity index is 1360. The number of hydrogen-bond donors (Lipinski definition) is 1. The number of aryl methyl sites for hydroxylation is 1. The number of hydrogen-bond acceptors (Lipinski definition) is 7. The number of nitrogens with zero attached hydrogens (tertiary/aromatic N) is 4. The molecule has 0 bridgehead atoms. The lowest BCUT2D eigenvalue weighted by molar-refractivity contribution is -0.116. The van der Waals surface area contributed by atoms with Gasteiger partial charge in [-0.05, 0) is 37.5 Å². The molecule has 1 amide bonds. The summed E-state index contributed by atoms with van der Waals surface area (Å²) >= 11 is 0. The average Bonchev–Trinajstić information content (AvgIpc) is 3.64. The Labute approximate surface area is 189 Å². The second kappa shape index (κ2) is 8.93. The van der Waals surface area contributed by atoms with Crippen LogP contribution >= 0.6 is 0 Å². The highest BCUT2D eigenvalue weighted by atomic mass is 32.2. The molecular formula is C21H23N5O6S. The molecule has 2 fully saturated rings. The highest BCUT2D eigenvalue weighted by Gasteiger charge is 2.29. The molecule has 1 saturated carbocycles. The number of ether oxygens (including phenoxy) is 1. The second-order valence-corrected chi connectivity index (χ2v) is 9.92. The summed E-state index contributed by atoms with van der Waals surface area (Å²) in [7, 11) is -3.78. The number of sulfonamides is 1. The van der Waals surface area contributed by atoms with Crippen molar-refractivity contribution in [3.05, 3.63) is 56.4 Å². The largest absolute Gasteiger partial charge is 0.379 e. The van der Waals surface area contributed by atoms with Crippen LogP contribution in [-0.2, 0) is 26.1 Å². The van der Waals surface area contributed by atoms with Crippen molar-refractivity contribution in [2.75, 3.05) is 31.6 Å². The van der Waals surface area contributed by atoms with Gasteiger partial charge in [-0.2, -0.15) is 9.57 Å². The molecule has 2 aliphatic rings. The van der Waals surface area contributed by atoms with Gasteiger partial charge in [-0.25, -0.2) is 17.8 Å². The standard InChI is InChI=1S/C21H23N5O6S/c1-14-2-3-16(10-18(14)33(30,31)24-6-8-32-9-7-24)23-19(27)13-26-20(28)15(11-22)12-25(21(26)29)17-4-5-17/h2-3,10,12,17H,4-9,13H2,1H3,(H,23,27). The van der Waals surface area contributed by atoms with E-state index in [2.05, 4.69) is 5.32 Å². The van der Waals surface area contributed by atoms with Crippen LogP contribution in [0.3, 0.4) is 0 Å². The van der Waals surface area contributed by atoms with Gasteiger partial charge in [-0.3, -0.25) is 14.2 Å². The molecule has 11 nitrogen and oxygen atoms in total. The van der Waals surface area contributed by atoms with Gasteiger partial charge >= 0.3 is 5.69 Å². The predicted molar refractivity (Wildman–Crippen MR) is 117 cm³/mol.